The van der Waals surface area contributed by atoms with Crippen LogP contribution in [-0.2, 0) is 20.0 Å². The molecule has 37 heavy (non-hydrogen) atoms. The largest absolute Gasteiger partial charge is 0.476 e. The Morgan fingerprint density at radius 3 is 1.76 bits per heavy atom. The molecule has 9 heteroatoms. The van der Waals surface area contributed by atoms with E-state index in [9.17, 15) is 14.7 Å². The van der Waals surface area contributed by atoms with E-state index in [1.54, 1.807) is 5.38 Å². The third-order valence-electron chi connectivity index (χ3n) is 5.82. The van der Waals surface area contributed by atoms with E-state index in [0.29, 0.717) is 5.13 Å². The molecule has 4 aromatic rings. The highest BCUT2D eigenvalue weighted by molar-refractivity contribution is 7.14. The van der Waals surface area contributed by atoms with Crippen LogP contribution in [0, 0.1) is 0 Å². The third-order valence-corrected chi connectivity index (χ3v) is 6.58. The van der Waals surface area contributed by atoms with Gasteiger partial charge in [-0.3, -0.25) is 4.79 Å². The van der Waals surface area contributed by atoms with E-state index in [-0.39, 0.29) is 5.69 Å². The van der Waals surface area contributed by atoms with Gasteiger partial charge in [-0.05, 0) is 30.5 Å². The molecular weight excluding hydrogens is 488 g/mol. The van der Waals surface area contributed by atoms with Gasteiger partial charge in [0.05, 0.1) is 0 Å². The maximum atomic E-state index is 12.0. The number of carboxylic acid groups (broad SMARTS) is 1. The Hall–Kier alpha value is -4.50. The molecule has 4 N–H and O–H groups in total. The van der Waals surface area contributed by atoms with E-state index < -0.39 is 28.7 Å². The van der Waals surface area contributed by atoms with E-state index in [1.807, 2.05) is 91.0 Å². The number of benzene rings is 3. The van der Waals surface area contributed by atoms with E-state index in [2.05, 4.69) is 15.5 Å². The molecule has 8 nitrogen and oxygen atoms in total. The molecule has 0 fully saturated rings. The lowest BCUT2D eigenvalue weighted by atomic mass is 9.77. The number of carbonyl (C=O) groups excluding carboxylic acids is 1. The van der Waals surface area contributed by atoms with E-state index in [1.165, 1.54) is 25.2 Å². The number of amides is 1. The molecule has 0 aliphatic heterocycles. The highest BCUT2D eigenvalue weighted by atomic mass is 32.1. The lowest BCUT2D eigenvalue weighted by Gasteiger charge is -2.36. The summed E-state index contributed by atoms with van der Waals surface area (Å²) in [6.45, 7) is 2.81. The third kappa shape index (κ3) is 5.36. The number of carbonyl (C=O) groups is 2. The minimum absolute atomic E-state index is 0.0864. The predicted molar refractivity (Wildman–Crippen MR) is 143 cm³/mol. The van der Waals surface area contributed by atoms with Crippen molar-refractivity contribution < 1.29 is 19.5 Å². The standard InChI is InChI=1S/C28H26N4O4S/c1-27(2,25(29)35)36-32-23(24(33)34)22-18-37-26(30-22)31-28(19-12-6-3-7-13-19,20-14-8-4-9-15-20)21-16-10-5-11-17-21/h3-18H,1-2H3,(H2,29,35)(H,30,31)(H,33,34). The Balaban J connectivity index is 1.82. The number of rotatable bonds is 10. The van der Waals surface area contributed by atoms with Crippen molar-refractivity contribution >= 4 is 34.1 Å². The van der Waals surface area contributed by atoms with Crippen molar-refractivity contribution in [2.24, 2.45) is 10.9 Å². The number of hydrogen-bond donors (Lipinski definition) is 3. The van der Waals surface area contributed by atoms with Gasteiger partial charge in [-0.1, -0.05) is 96.2 Å². The smallest absolute Gasteiger partial charge is 0.360 e. The maximum absolute atomic E-state index is 12.0. The first-order valence-electron chi connectivity index (χ1n) is 11.4. The molecule has 0 aliphatic carbocycles. The number of nitrogens with one attached hydrogen (secondary N) is 1. The topological polar surface area (TPSA) is 127 Å². The van der Waals surface area contributed by atoms with Gasteiger partial charge in [0.15, 0.2) is 5.13 Å². The second-order valence-corrected chi connectivity index (χ2v) is 9.58. The Labute approximate surface area is 218 Å². The van der Waals surface area contributed by atoms with Gasteiger partial charge in [-0.2, -0.15) is 0 Å². The van der Waals surface area contributed by atoms with Crippen LogP contribution in [0.25, 0.3) is 0 Å². The minimum Gasteiger partial charge on any atom is -0.476 e. The molecule has 0 atom stereocenters. The molecule has 3 aromatic carbocycles. The molecule has 0 unspecified atom stereocenters. The first kappa shape index (κ1) is 25.6. The van der Waals surface area contributed by atoms with Gasteiger partial charge in [-0.25, -0.2) is 9.78 Å². The van der Waals surface area contributed by atoms with Gasteiger partial charge in [0.25, 0.3) is 5.91 Å². The van der Waals surface area contributed by atoms with Crippen molar-refractivity contribution in [3.05, 3.63) is 119 Å². The Bertz CT molecular complexity index is 1310. The lowest BCUT2D eigenvalue weighted by molar-refractivity contribution is -0.140. The number of primary amides is 1. The zero-order valence-corrected chi connectivity index (χ0v) is 21.1. The van der Waals surface area contributed by atoms with Crippen LogP contribution in [-0.4, -0.2) is 33.3 Å². The molecule has 0 spiro atoms. The number of oxime groups is 1. The molecule has 0 bridgehead atoms. The monoisotopic (exact) mass is 514 g/mol. The van der Waals surface area contributed by atoms with Crippen LogP contribution in [0.3, 0.4) is 0 Å². The van der Waals surface area contributed by atoms with E-state index >= 15 is 0 Å². The average Bonchev–Trinajstić information content (AvgIpc) is 3.36. The number of nitrogens with zero attached hydrogens (tertiary/aromatic N) is 2. The highest BCUT2D eigenvalue weighted by Gasteiger charge is 2.37. The van der Waals surface area contributed by atoms with E-state index in [4.69, 9.17) is 10.6 Å². The summed E-state index contributed by atoms with van der Waals surface area (Å²) in [7, 11) is 0. The molecular formula is C28H26N4O4S. The summed E-state index contributed by atoms with van der Waals surface area (Å²) in [4.78, 5) is 33.2. The first-order chi connectivity index (χ1) is 17.7. The Morgan fingerprint density at radius 1 is 0.892 bits per heavy atom. The fraction of sp³-hybridized carbons (Fsp3) is 0.143. The number of thiazole rings is 1. The number of aromatic nitrogens is 1. The number of nitrogens with two attached hydrogens (primary N) is 1. The highest BCUT2D eigenvalue weighted by Crippen LogP contribution is 2.40. The van der Waals surface area contributed by atoms with Crippen molar-refractivity contribution in [1.29, 1.82) is 0 Å². The van der Waals surface area contributed by atoms with Crippen LogP contribution in [0.5, 0.6) is 0 Å². The first-order valence-corrected chi connectivity index (χ1v) is 12.3. The molecule has 1 aromatic heterocycles. The number of aliphatic carboxylic acids is 1. The van der Waals surface area contributed by atoms with Crippen molar-refractivity contribution in [1.82, 2.24) is 4.98 Å². The van der Waals surface area contributed by atoms with Crippen molar-refractivity contribution in [3.63, 3.8) is 0 Å². The van der Waals surface area contributed by atoms with Gasteiger partial charge in [0, 0.05) is 5.38 Å². The summed E-state index contributed by atoms with van der Waals surface area (Å²) in [5.41, 5.74) is 5.56. The second-order valence-electron chi connectivity index (χ2n) is 8.72. The zero-order valence-electron chi connectivity index (χ0n) is 20.3. The van der Waals surface area contributed by atoms with E-state index in [0.717, 1.165) is 16.7 Å². The molecule has 188 valence electrons. The zero-order chi connectivity index (χ0) is 26.5. The van der Waals surface area contributed by atoms with Crippen LogP contribution in [0.15, 0.2) is 102 Å². The second kappa shape index (κ2) is 10.6. The van der Waals surface area contributed by atoms with Crippen molar-refractivity contribution in [2.75, 3.05) is 5.32 Å². The summed E-state index contributed by atoms with van der Waals surface area (Å²) < 4.78 is 0. The summed E-state index contributed by atoms with van der Waals surface area (Å²) in [6.07, 6.45) is 0. The molecule has 4 rings (SSSR count). The molecule has 0 radical (unpaired) electrons. The molecule has 1 amide bonds. The number of hydrogen-bond acceptors (Lipinski definition) is 7. The molecule has 0 saturated carbocycles. The molecule has 1 heterocycles. The van der Waals surface area contributed by atoms with Gasteiger partial charge >= 0.3 is 5.97 Å². The SMILES string of the molecule is CC(C)(ON=C(C(=O)O)c1csc(NC(c2ccccc2)(c2ccccc2)c2ccccc2)n1)C(N)=O. The van der Waals surface area contributed by atoms with Crippen LogP contribution in [0.4, 0.5) is 5.13 Å². The minimum atomic E-state index is -1.49. The van der Waals surface area contributed by atoms with Gasteiger partial charge in [-0.15, -0.1) is 11.3 Å². The summed E-state index contributed by atoms with van der Waals surface area (Å²) >= 11 is 1.23. The Kier molecular flexibility index (Phi) is 7.35. The average molecular weight is 515 g/mol. The number of anilines is 1. The van der Waals surface area contributed by atoms with Gasteiger partial charge < -0.3 is 21.0 Å². The van der Waals surface area contributed by atoms with Crippen molar-refractivity contribution in [2.45, 2.75) is 25.0 Å². The maximum Gasteiger partial charge on any atom is 0.360 e. The predicted octanol–water partition coefficient (Wildman–Crippen LogP) is 4.62. The van der Waals surface area contributed by atoms with Gasteiger partial charge in [0.1, 0.15) is 11.2 Å². The lowest BCUT2D eigenvalue weighted by Crippen LogP contribution is -2.39. The van der Waals surface area contributed by atoms with Gasteiger partial charge in [0.2, 0.25) is 11.3 Å². The fourth-order valence-electron chi connectivity index (χ4n) is 3.78. The van der Waals surface area contributed by atoms with Crippen LogP contribution in [0.1, 0.15) is 36.2 Å². The Morgan fingerprint density at radius 2 is 1.35 bits per heavy atom. The van der Waals surface area contributed by atoms with Crippen molar-refractivity contribution in [3.8, 4) is 0 Å². The summed E-state index contributed by atoms with van der Waals surface area (Å²) in [5, 5.41) is 19.1. The quantitative estimate of drug-likeness (QED) is 0.161. The number of carboxylic acids is 1. The summed E-state index contributed by atoms with van der Waals surface area (Å²) in [6, 6.07) is 29.9. The summed E-state index contributed by atoms with van der Waals surface area (Å²) in [5.74, 6) is -2.13. The molecule has 0 aliphatic rings. The van der Waals surface area contributed by atoms with Crippen LogP contribution < -0.4 is 11.1 Å². The molecule has 0 saturated heterocycles. The fourth-order valence-corrected chi connectivity index (χ4v) is 4.53. The van der Waals surface area contributed by atoms with Crippen LogP contribution in [0.2, 0.25) is 0 Å². The van der Waals surface area contributed by atoms with Crippen LogP contribution >= 0.6 is 11.3 Å². The normalized spacial score (nSPS) is 12.1.